The third-order valence-electron chi connectivity index (χ3n) is 1.58. The molecule has 0 fully saturated rings. The van der Waals surface area contributed by atoms with E-state index in [9.17, 15) is 0 Å². The first kappa shape index (κ1) is 6.68. The summed E-state index contributed by atoms with van der Waals surface area (Å²) in [4.78, 5) is 0. The minimum Gasteiger partial charge on any atom is -0.0830 e. The lowest BCUT2D eigenvalue weighted by Gasteiger charge is -1.96. The summed E-state index contributed by atoms with van der Waals surface area (Å²) in [7, 11) is 0. The second-order valence-corrected chi connectivity index (χ2v) is 2.67. The molecular formula is C10H5Cl. The summed E-state index contributed by atoms with van der Waals surface area (Å²) in [6.07, 6.45) is 0. The van der Waals surface area contributed by atoms with Crippen LogP contribution in [0.25, 0.3) is 10.8 Å². The standard InChI is InChI=1S/C10H5Cl/c11-10-7-3-5-8-4-1-2-6-9(8)10/h1-3,5-6H. The highest BCUT2D eigenvalue weighted by molar-refractivity contribution is 6.35. The fourth-order valence-electron chi connectivity index (χ4n) is 1.05. The zero-order valence-corrected chi connectivity index (χ0v) is 6.52. The molecule has 0 amide bonds. The molecule has 2 rings (SSSR count). The smallest absolute Gasteiger partial charge is 0.0563 e. The normalized spacial score (nSPS) is 10.3. The molecule has 0 nitrogen and oxygen atoms in total. The summed E-state index contributed by atoms with van der Waals surface area (Å²) in [5.74, 6) is 0. The van der Waals surface area contributed by atoms with Crippen molar-refractivity contribution in [1.82, 2.24) is 0 Å². The molecule has 11 heavy (non-hydrogen) atoms. The lowest BCUT2D eigenvalue weighted by Crippen LogP contribution is -1.72. The Hall–Kier alpha value is -1.01. The molecule has 2 aromatic rings. The van der Waals surface area contributed by atoms with Crippen molar-refractivity contribution in [2.24, 2.45) is 0 Å². The Morgan fingerprint density at radius 2 is 2.00 bits per heavy atom. The summed E-state index contributed by atoms with van der Waals surface area (Å²) in [5.41, 5.74) is 0. The Balaban J connectivity index is 2.91. The first-order chi connectivity index (χ1) is 5.38. The first-order valence-corrected chi connectivity index (χ1v) is 3.72. The molecule has 0 aliphatic carbocycles. The van der Waals surface area contributed by atoms with Crippen LogP contribution in [0.2, 0.25) is 5.02 Å². The Morgan fingerprint density at radius 1 is 1.09 bits per heavy atom. The van der Waals surface area contributed by atoms with E-state index in [0.29, 0.717) is 5.02 Å². The molecule has 0 aromatic heterocycles. The van der Waals surface area contributed by atoms with Gasteiger partial charge in [0, 0.05) is 11.5 Å². The summed E-state index contributed by atoms with van der Waals surface area (Å²) in [5, 5.41) is 2.72. The van der Waals surface area contributed by atoms with Crippen LogP contribution in [0.4, 0.5) is 0 Å². The quantitative estimate of drug-likeness (QED) is 0.556. The number of fused-ring (bicyclic) bond motifs is 1. The average Bonchev–Trinajstić information content (AvgIpc) is 2.06. The molecule has 2 radical (unpaired) electrons. The third-order valence-corrected chi connectivity index (χ3v) is 1.90. The van der Waals surface area contributed by atoms with Crippen LogP contribution in [0.1, 0.15) is 0 Å². The maximum atomic E-state index is 5.88. The molecule has 0 saturated heterocycles. The molecule has 0 atom stereocenters. The zero-order valence-electron chi connectivity index (χ0n) is 5.76. The third kappa shape index (κ3) is 1.10. The largest absolute Gasteiger partial charge is 0.0830 e. The van der Waals surface area contributed by atoms with E-state index in [0.717, 1.165) is 10.8 Å². The van der Waals surface area contributed by atoms with Gasteiger partial charge in [0.2, 0.25) is 0 Å². The van der Waals surface area contributed by atoms with Crippen LogP contribution in [-0.4, -0.2) is 0 Å². The summed E-state index contributed by atoms with van der Waals surface area (Å²) < 4.78 is 0. The van der Waals surface area contributed by atoms with E-state index in [1.165, 1.54) is 0 Å². The van der Waals surface area contributed by atoms with Crippen LogP contribution >= 0.6 is 11.6 Å². The van der Waals surface area contributed by atoms with E-state index in [1.807, 2.05) is 24.3 Å². The lowest BCUT2D eigenvalue weighted by molar-refractivity contribution is 1.72. The van der Waals surface area contributed by atoms with E-state index >= 15 is 0 Å². The van der Waals surface area contributed by atoms with Gasteiger partial charge >= 0.3 is 0 Å². The lowest BCUT2D eigenvalue weighted by atomic mass is 10.1. The van der Waals surface area contributed by atoms with Gasteiger partial charge < -0.3 is 0 Å². The molecule has 0 N–H and O–H groups in total. The molecule has 0 aliphatic heterocycles. The predicted molar refractivity (Wildman–Crippen MR) is 46.6 cm³/mol. The van der Waals surface area contributed by atoms with Gasteiger partial charge in [0.05, 0.1) is 5.02 Å². The number of hydrogen-bond acceptors (Lipinski definition) is 0. The summed E-state index contributed by atoms with van der Waals surface area (Å²) >= 11 is 5.88. The van der Waals surface area contributed by atoms with Crippen LogP contribution in [0.3, 0.4) is 0 Å². The molecule has 1 heteroatoms. The van der Waals surface area contributed by atoms with Crippen molar-refractivity contribution in [1.29, 1.82) is 0 Å². The molecule has 0 spiro atoms. The van der Waals surface area contributed by atoms with Gasteiger partial charge in [0.25, 0.3) is 0 Å². The van der Waals surface area contributed by atoms with Gasteiger partial charge in [0.1, 0.15) is 0 Å². The first-order valence-electron chi connectivity index (χ1n) is 3.34. The van der Waals surface area contributed by atoms with E-state index in [4.69, 9.17) is 11.6 Å². The van der Waals surface area contributed by atoms with E-state index in [1.54, 1.807) is 6.07 Å². The highest BCUT2D eigenvalue weighted by Gasteiger charge is 1.94. The number of halogens is 1. The van der Waals surface area contributed by atoms with Crippen LogP contribution in [0.5, 0.6) is 0 Å². The van der Waals surface area contributed by atoms with Crippen molar-refractivity contribution in [3.8, 4) is 0 Å². The monoisotopic (exact) mass is 160 g/mol. The van der Waals surface area contributed by atoms with Gasteiger partial charge in [-0.3, -0.25) is 0 Å². The number of rotatable bonds is 0. The second-order valence-electron chi connectivity index (χ2n) is 2.29. The van der Waals surface area contributed by atoms with Crippen molar-refractivity contribution in [2.45, 2.75) is 0 Å². The fraction of sp³-hybridized carbons (Fsp3) is 0. The van der Waals surface area contributed by atoms with Crippen molar-refractivity contribution < 1.29 is 0 Å². The van der Waals surface area contributed by atoms with Gasteiger partial charge in [0.15, 0.2) is 0 Å². The fourth-order valence-corrected chi connectivity index (χ4v) is 1.28. The maximum absolute atomic E-state index is 5.88. The summed E-state index contributed by atoms with van der Waals surface area (Å²) in [6.45, 7) is 0. The van der Waals surface area contributed by atoms with E-state index in [2.05, 4.69) is 12.1 Å². The Kier molecular flexibility index (Phi) is 1.55. The van der Waals surface area contributed by atoms with Crippen LogP contribution in [0, 0.1) is 12.1 Å². The molecule has 0 unspecified atom stereocenters. The van der Waals surface area contributed by atoms with Crippen LogP contribution in [-0.2, 0) is 0 Å². The van der Waals surface area contributed by atoms with Crippen LogP contribution < -0.4 is 0 Å². The molecule has 0 aliphatic rings. The predicted octanol–water partition coefficient (Wildman–Crippen LogP) is 3.09. The van der Waals surface area contributed by atoms with Crippen LogP contribution in [0.15, 0.2) is 30.3 Å². The molecule has 0 bridgehead atoms. The molecular weight excluding hydrogens is 156 g/mol. The van der Waals surface area contributed by atoms with Gasteiger partial charge in [-0.15, -0.1) is 0 Å². The molecule has 0 heterocycles. The van der Waals surface area contributed by atoms with Gasteiger partial charge in [-0.05, 0) is 11.5 Å². The minimum absolute atomic E-state index is 0.666. The molecule has 0 saturated carbocycles. The Bertz CT molecular complexity index is 374. The van der Waals surface area contributed by atoms with Gasteiger partial charge in [-0.2, -0.15) is 0 Å². The highest BCUT2D eigenvalue weighted by atomic mass is 35.5. The van der Waals surface area contributed by atoms with Gasteiger partial charge in [-0.25, -0.2) is 0 Å². The summed E-state index contributed by atoms with van der Waals surface area (Å²) in [6, 6.07) is 15.5. The highest BCUT2D eigenvalue weighted by Crippen LogP contribution is 2.21. The topological polar surface area (TPSA) is 0 Å². The maximum Gasteiger partial charge on any atom is 0.0563 e. The molecule has 52 valence electrons. The van der Waals surface area contributed by atoms with Gasteiger partial charge in [-0.1, -0.05) is 41.9 Å². The van der Waals surface area contributed by atoms with Crippen molar-refractivity contribution >= 4 is 22.4 Å². The van der Waals surface area contributed by atoms with E-state index in [-0.39, 0.29) is 0 Å². The average molecular weight is 161 g/mol. The SMILES string of the molecule is Clc1[c]ccc2[c]cccc12. The Labute approximate surface area is 70.4 Å². The zero-order chi connectivity index (χ0) is 7.68. The molecule has 2 aromatic carbocycles. The Morgan fingerprint density at radius 3 is 2.82 bits per heavy atom. The number of benzene rings is 2. The van der Waals surface area contributed by atoms with E-state index < -0.39 is 0 Å². The minimum atomic E-state index is 0.666. The number of hydrogen-bond donors (Lipinski definition) is 0. The van der Waals surface area contributed by atoms with Crippen molar-refractivity contribution in [3.63, 3.8) is 0 Å². The van der Waals surface area contributed by atoms with Crippen molar-refractivity contribution in [2.75, 3.05) is 0 Å². The van der Waals surface area contributed by atoms with Crippen molar-refractivity contribution in [3.05, 3.63) is 47.5 Å². The second kappa shape index (κ2) is 2.55.